The lowest BCUT2D eigenvalue weighted by atomic mass is 10.1. The SMILES string of the molecule is CCn1nc(C(C)C)c(C(N)=O)c1[N+](=O)[O-]. The maximum absolute atomic E-state index is 11.2. The fourth-order valence-electron chi connectivity index (χ4n) is 1.52. The third kappa shape index (κ3) is 1.88. The summed E-state index contributed by atoms with van der Waals surface area (Å²) in [6, 6.07) is 0. The topological polar surface area (TPSA) is 104 Å². The summed E-state index contributed by atoms with van der Waals surface area (Å²) in [5.41, 5.74) is 5.46. The third-order valence-corrected chi connectivity index (χ3v) is 2.22. The summed E-state index contributed by atoms with van der Waals surface area (Å²) >= 11 is 0. The molecule has 0 aliphatic rings. The maximum atomic E-state index is 11.2. The van der Waals surface area contributed by atoms with Gasteiger partial charge in [-0.1, -0.05) is 18.9 Å². The molecule has 0 aliphatic heterocycles. The van der Waals surface area contributed by atoms with E-state index in [1.807, 2.05) is 0 Å². The summed E-state index contributed by atoms with van der Waals surface area (Å²) in [5, 5.41) is 14.9. The minimum absolute atomic E-state index is 0.0816. The molecule has 2 N–H and O–H groups in total. The first kappa shape index (κ1) is 12.2. The fraction of sp³-hybridized carbons (Fsp3) is 0.556. The van der Waals surface area contributed by atoms with Gasteiger partial charge in [0.15, 0.2) is 5.56 Å². The summed E-state index contributed by atoms with van der Waals surface area (Å²) in [6.45, 7) is 5.65. The molecule has 0 radical (unpaired) electrons. The molecule has 0 spiro atoms. The molecule has 1 heterocycles. The minimum atomic E-state index is -0.810. The van der Waals surface area contributed by atoms with Gasteiger partial charge in [0.25, 0.3) is 5.91 Å². The number of nitrogens with two attached hydrogens (primary N) is 1. The average molecular weight is 226 g/mol. The Balaban J connectivity index is 3.54. The van der Waals surface area contributed by atoms with Crippen molar-refractivity contribution < 1.29 is 9.72 Å². The highest BCUT2D eigenvalue weighted by atomic mass is 16.6. The molecule has 1 amide bonds. The van der Waals surface area contributed by atoms with Crippen LogP contribution in [0.5, 0.6) is 0 Å². The van der Waals surface area contributed by atoms with E-state index < -0.39 is 10.8 Å². The van der Waals surface area contributed by atoms with Crippen molar-refractivity contribution in [2.24, 2.45) is 5.73 Å². The molecule has 0 bridgehead atoms. The van der Waals surface area contributed by atoms with Gasteiger partial charge < -0.3 is 15.8 Å². The molecular formula is C9H14N4O3. The summed E-state index contributed by atoms with van der Waals surface area (Å²) in [6.07, 6.45) is 0. The zero-order valence-electron chi connectivity index (χ0n) is 9.43. The lowest BCUT2D eigenvalue weighted by Gasteiger charge is -2.00. The van der Waals surface area contributed by atoms with E-state index in [4.69, 9.17) is 5.73 Å². The molecule has 0 aromatic carbocycles. The number of aromatic nitrogens is 2. The number of amides is 1. The number of primary amides is 1. The zero-order valence-corrected chi connectivity index (χ0v) is 9.43. The molecule has 1 aromatic heterocycles. The van der Waals surface area contributed by atoms with Crippen LogP contribution >= 0.6 is 0 Å². The Labute approximate surface area is 92.4 Å². The second-order valence-corrected chi connectivity index (χ2v) is 3.68. The van der Waals surface area contributed by atoms with E-state index in [9.17, 15) is 14.9 Å². The molecule has 0 saturated carbocycles. The quantitative estimate of drug-likeness (QED) is 0.611. The Morgan fingerprint density at radius 3 is 2.50 bits per heavy atom. The monoisotopic (exact) mass is 226 g/mol. The molecular weight excluding hydrogens is 212 g/mol. The molecule has 1 aromatic rings. The van der Waals surface area contributed by atoms with Gasteiger partial charge in [-0.05, 0) is 11.8 Å². The van der Waals surface area contributed by atoms with E-state index in [1.165, 1.54) is 4.68 Å². The van der Waals surface area contributed by atoms with E-state index in [2.05, 4.69) is 5.10 Å². The predicted molar refractivity (Wildman–Crippen MR) is 57.2 cm³/mol. The Morgan fingerprint density at radius 1 is 1.62 bits per heavy atom. The molecule has 0 aliphatic carbocycles. The van der Waals surface area contributed by atoms with E-state index >= 15 is 0 Å². The zero-order chi connectivity index (χ0) is 12.5. The Morgan fingerprint density at radius 2 is 2.19 bits per heavy atom. The van der Waals surface area contributed by atoms with Gasteiger partial charge in [-0.3, -0.25) is 4.79 Å². The molecule has 7 heteroatoms. The van der Waals surface area contributed by atoms with Crippen LogP contribution < -0.4 is 5.73 Å². The van der Waals surface area contributed by atoms with E-state index in [0.29, 0.717) is 12.2 Å². The summed E-state index contributed by atoms with van der Waals surface area (Å²) in [5.74, 6) is -1.22. The number of rotatable bonds is 4. The largest absolute Gasteiger partial charge is 0.365 e. The maximum Gasteiger partial charge on any atom is 0.358 e. The van der Waals surface area contributed by atoms with Crippen molar-refractivity contribution >= 4 is 11.7 Å². The first-order valence-corrected chi connectivity index (χ1v) is 4.95. The lowest BCUT2D eigenvalue weighted by molar-refractivity contribution is -0.392. The van der Waals surface area contributed by atoms with Crippen molar-refractivity contribution in [3.63, 3.8) is 0 Å². The molecule has 1 rings (SSSR count). The third-order valence-electron chi connectivity index (χ3n) is 2.22. The van der Waals surface area contributed by atoms with E-state index in [1.54, 1.807) is 20.8 Å². The Hall–Kier alpha value is -1.92. The smallest absolute Gasteiger partial charge is 0.358 e. The van der Waals surface area contributed by atoms with Gasteiger partial charge in [0.2, 0.25) is 0 Å². The first-order valence-electron chi connectivity index (χ1n) is 4.95. The molecule has 0 unspecified atom stereocenters. The lowest BCUT2D eigenvalue weighted by Crippen LogP contribution is -2.15. The van der Waals surface area contributed by atoms with Crippen LogP contribution in [0.4, 0.5) is 5.82 Å². The van der Waals surface area contributed by atoms with Crippen molar-refractivity contribution in [1.82, 2.24) is 9.78 Å². The van der Waals surface area contributed by atoms with Crippen LogP contribution in [0, 0.1) is 10.1 Å². The number of aryl methyl sites for hydroxylation is 1. The number of hydrogen-bond acceptors (Lipinski definition) is 4. The van der Waals surface area contributed by atoms with Crippen LogP contribution in [-0.4, -0.2) is 20.6 Å². The highest BCUT2D eigenvalue weighted by molar-refractivity contribution is 5.97. The molecule has 0 fully saturated rings. The van der Waals surface area contributed by atoms with Crippen molar-refractivity contribution in [3.8, 4) is 0 Å². The summed E-state index contributed by atoms with van der Waals surface area (Å²) in [4.78, 5) is 21.5. The highest BCUT2D eigenvalue weighted by Gasteiger charge is 2.31. The Kier molecular flexibility index (Phi) is 3.26. The first-order chi connectivity index (χ1) is 7.40. The number of carbonyl (C=O) groups is 1. The predicted octanol–water partition coefficient (Wildman–Crippen LogP) is 1.03. The van der Waals surface area contributed by atoms with Crippen LogP contribution in [0.25, 0.3) is 0 Å². The molecule has 16 heavy (non-hydrogen) atoms. The van der Waals surface area contributed by atoms with Crippen molar-refractivity contribution in [1.29, 1.82) is 0 Å². The van der Waals surface area contributed by atoms with E-state index in [0.717, 1.165) is 0 Å². The van der Waals surface area contributed by atoms with E-state index in [-0.39, 0.29) is 17.3 Å². The second kappa shape index (κ2) is 4.30. The molecule has 7 nitrogen and oxygen atoms in total. The number of hydrogen-bond donors (Lipinski definition) is 1. The van der Waals surface area contributed by atoms with Gasteiger partial charge in [-0.25, -0.2) is 0 Å². The number of nitrogens with zero attached hydrogens (tertiary/aromatic N) is 3. The summed E-state index contributed by atoms with van der Waals surface area (Å²) in [7, 11) is 0. The van der Waals surface area contributed by atoms with Crippen LogP contribution in [0.2, 0.25) is 0 Å². The van der Waals surface area contributed by atoms with Crippen LogP contribution in [0.3, 0.4) is 0 Å². The number of carbonyl (C=O) groups excluding carboxylic acids is 1. The average Bonchev–Trinajstić information content (AvgIpc) is 2.56. The van der Waals surface area contributed by atoms with Crippen molar-refractivity contribution in [3.05, 3.63) is 21.4 Å². The van der Waals surface area contributed by atoms with Gasteiger partial charge in [-0.2, -0.15) is 0 Å². The van der Waals surface area contributed by atoms with Gasteiger partial charge >= 0.3 is 5.82 Å². The van der Waals surface area contributed by atoms with Crippen LogP contribution in [0.1, 0.15) is 42.7 Å². The number of nitro groups is 1. The van der Waals surface area contributed by atoms with Crippen LogP contribution in [-0.2, 0) is 6.54 Å². The van der Waals surface area contributed by atoms with Gasteiger partial charge in [0.05, 0.1) is 0 Å². The van der Waals surface area contributed by atoms with Crippen molar-refractivity contribution in [2.75, 3.05) is 0 Å². The standard InChI is InChI=1S/C9H14N4O3/c1-4-12-9(13(15)16)6(8(10)14)7(11-12)5(2)3/h5H,4H2,1-3H3,(H2,10,14). The van der Waals surface area contributed by atoms with Crippen molar-refractivity contribution in [2.45, 2.75) is 33.2 Å². The molecule has 0 saturated heterocycles. The fourth-order valence-corrected chi connectivity index (χ4v) is 1.52. The molecule has 0 atom stereocenters. The van der Waals surface area contributed by atoms with Gasteiger partial charge in [0, 0.05) is 5.92 Å². The molecule has 88 valence electrons. The van der Waals surface area contributed by atoms with Gasteiger partial charge in [-0.15, -0.1) is 4.68 Å². The second-order valence-electron chi connectivity index (χ2n) is 3.68. The van der Waals surface area contributed by atoms with Gasteiger partial charge in [0.1, 0.15) is 12.2 Å². The minimum Gasteiger partial charge on any atom is -0.365 e. The highest BCUT2D eigenvalue weighted by Crippen LogP contribution is 2.27. The summed E-state index contributed by atoms with van der Waals surface area (Å²) < 4.78 is 1.19. The normalized spacial score (nSPS) is 10.8. The van der Waals surface area contributed by atoms with Crippen LogP contribution in [0.15, 0.2) is 0 Å². The Bertz CT molecular complexity index is 436.